The number of aryl methyl sites for hydroxylation is 1. The molecule has 0 saturated heterocycles. The van der Waals surface area contributed by atoms with Crippen LogP contribution < -0.4 is 0 Å². The van der Waals surface area contributed by atoms with Crippen molar-refractivity contribution in [2.45, 2.75) is 64.9 Å². The largest absolute Gasteiger partial charge is 0.393 e. The fourth-order valence-corrected chi connectivity index (χ4v) is 3.58. The summed E-state index contributed by atoms with van der Waals surface area (Å²) in [5, 5.41) is 20.1. The van der Waals surface area contributed by atoms with Crippen LogP contribution in [0.2, 0.25) is 5.02 Å². The summed E-state index contributed by atoms with van der Waals surface area (Å²) in [5.41, 5.74) is 4.96. The summed E-state index contributed by atoms with van der Waals surface area (Å²) in [6.07, 6.45) is 6.78. The van der Waals surface area contributed by atoms with Gasteiger partial charge in [0.05, 0.1) is 11.8 Å². The third kappa shape index (κ3) is 5.30. The molecule has 0 spiro atoms. The summed E-state index contributed by atoms with van der Waals surface area (Å²) in [6, 6.07) is 12.0. The van der Waals surface area contributed by atoms with E-state index in [0.717, 1.165) is 41.5 Å². The molecule has 144 valence electrons. The number of nitrogens with zero attached hydrogens (tertiary/aromatic N) is 3. The highest BCUT2D eigenvalue weighted by Crippen LogP contribution is 2.21. The molecule has 3 rings (SSSR count). The molecular weight excluding hydrogens is 358 g/mol. The summed E-state index contributed by atoms with van der Waals surface area (Å²) in [5.74, 6) is 0. The van der Waals surface area contributed by atoms with Gasteiger partial charge in [-0.25, -0.2) is 0 Å². The lowest BCUT2D eigenvalue weighted by atomic mass is 9.99. The van der Waals surface area contributed by atoms with Gasteiger partial charge in [0.15, 0.2) is 0 Å². The number of fused-ring (bicyclic) bond motifs is 1. The summed E-state index contributed by atoms with van der Waals surface area (Å²) in [6.45, 7) is 4.31. The fraction of sp³-hybridized carbons (Fsp3) is 0.455. The predicted octanol–water partition coefficient (Wildman–Crippen LogP) is 5.51. The minimum absolute atomic E-state index is 0.308. The van der Waals surface area contributed by atoms with Crippen molar-refractivity contribution in [3.05, 3.63) is 52.5 Å². The quantitative estimate of drug-likeness (QED) is 0.494. The Morgan fingerprint density at radius 2 is 1.74 bits per heavy atom. The van der Waals surface area contributed by atoms with Crippen LogP contribution in [0.3, 0.4) is 0 Å². The molecule has 1 atom stereocenters. The van der Waals surface area contributed by atoms with Crippen molar-refractivity contribution in [1.82, 2.24) is 15.0 Å². The van der Waals surface area contributed by atoms with E-state index in [4.69, 9.17) is 11.6 Å². The maximum absolute atomic E-state index is 10.3. The maximum atomic E-state index is 10.3. The normalized spacial score (nSPS) is 12.6. The van der Waals surface area contributed by atoms with E-state index in [9.17, 15) is 5.11 Å². The van der Waals surface area contributed by atoms with Crippen molar-refractivity contribution in [3.8, 4) is 5.69 Å². The number of aromatic nitrogens is 3. The van der Waals surface area contributed by atoms with Crippen molar-refractivity contribution in [3.63, 3.8) is 0 Å². The van der Waals surface area contributed by atoms with Crippen LogP contribution in [0.25, 0.3) is 16.7 Å². The average Bonchev–Trinajstić information content (AvgIpc) is 3.05. The first kappa shape index (κ1) is 19.8. The van der Waals surface area contributed by atoms with Gasteiger partial charge in [0.2, 0.25) is 0 Å². The molecule has 0 aliphatic rings. The minimum Gasteiger partial charge on any atom is -0.393 e. The van der Waals surface area contributed by atoms with Gasteiger partial charge < -0.3 is 5.11 Å². The second kappa shape index (κ2) is 9.34. The predicted molar refractivity (Wildman–Crippen MR) is 112 cm³/mol. The van der Waals surface area contributed by atoms with Crippen LogP contribution in [-0.4, -0.2) is 26.2 Å². The van der Waals surface area contributed by atoms with Crippen LogP contribution in [0, 0.1) is 0 Å². The Balaban J connectivity index is 1.94. The minimum atomic E-state index is -0.308. The molecule has 1 aromatic heterocycles. The third-order valence-electron chi connectivity index (χ3n) is 4.77. The number of hydrogen-bond acceptors (Lipinski definition) is 3. The SMILES string of the molecule is CCCCCc1cc(CC(O)CCC)cc(-n2nc3ccc(Cl)cc3n2)c1. The number of halogens is 1. The van der Waals surface area contributed by atoms with Gasteiger partial charge in [0, 0.05) is 5.02 Å². The van der Waals surface area contributed by atoms with Gasteiger partial charge in [0.1, 0.15) is 11.0 Å². The molecule has 0 saturated carbocycles. The zero-order valence-electron chi connectivity index (χ0n) is 16.2. The van der Waals surface area contributed by atoms with E-state index in [1.54, 1.807) is 4.80 Å². The molecular formula is C22H28ClN3O. The van der Waals surface area contributed by atoms with Gasteiger partial charge in [-0.3, -0.25) is 0 Å². The lowest BCUT2D eigenvalue weighted by Gasteiger charge is -2.13. The first-order chi connectivity index (χ1) is 13.1. The molecule has 4 nitrogen and oxygen atoms in total. The van der Waals surface area contributed by atoms with E-state index in [0.29, 0.717) is 11.4 Å². The van der Waals surface area contributed by atoms with Crippen molar-refractivity contribution in [2.24, 2.45) is 0 Å². The Bertz CT molecular complexity index is 890. The number of unbranched alkanes of at least 4 members (excludes halogenated alkanes) is 2. The summed E-state index contributed by atoms with van der Waals surface area (Å²) in [7, 11) is 0. The Hall–Kier alpha value is -1.91. The highest BCUT2D eigenvalue weighted by Gasteiger charge is 2.11. The van der Waals surface area contributed by atoms with E-state index in [2.05, 4.69) is 42.2 Å². The number of benzene rings is 2. The van der Waals surface area contributed by atoms with Gasteiger partial charge in [-0.15, -0.1) is 10.2 Å². The average molecular weight is 386 g/mol. The van der Waals surface area contributed by atoms with Crippen molar-refractivity contribution < 1.29 is 5.11 Å². The van der Waals surface area contributed by atoms with Gasteiger partial charge in [0.25, 0.3) is 0 Å². The van der Waals surface area contributed by atoms with E-state index < -0.39 is 0 Å². The molecule has 3 aromatic rings. The van der Waals surface area contributed by atoms with Crippen LogP contribution in [0.5, 0.6) is 0 Å². The third-order valence-corrected chi connectivity index (χ3v) is 5.01. The molecule has 2 aromatic carbocycles. The molecule has 1 unspecified atom stereocenters. The lowest BCUT2D eigenvalue weighted by Crippen LogP contribution is -2.11. The molecule has 0 radical (unpaired) electrons. The maximum Gasteiger partial charge on any atom is 0.115 e. The lowest BCUT2D eigenvalue weighted by molar-refractivity contribution is 0.164. The number of rotatable bonds is 9. The van der Waals surface area contributed by atoms with Crippen molar-refractivity contribution in [1.29, 1.82) is 0 Å². The van der Waals surface area contributed by atoms with Crippen LogP contribution in [0.4, 0.5) is 0 Å². The fourth-order valence-electron chi connectivity index (χ4n) is 3.41. The Labute approximate surface area is 166 Å². The smallest absolute Gasteiger partial charge is 0.115 e. The van der Waals surface area contributed by atoms with Crippen molar-refractivity contribution in [2.75, 3.05) is 0 Å². The van der Waals surface area contributed by atoms with Crippen LogP contribution in [-0.2, 0) is 12.8 Å². The topological polar surface area (TPSA) is 50.9 Å². The molecule has 1 heterocycles. The van der Waals surface area contributed by atoms with Gasteiger partial charge in [-0.2, -0.15) is 4.80 Å². The first-order valence-electron chi connectivity index (χ1n) is 9.93. The van der Waals surface area contributed by atoms with Gasteiger partial charge >= 0.3 is 0 Å². The number of hydrogen-bond donors (Lipinski definition) is 1. The monoisotopic (exact) mass is 385 g/mol. The molecule has 1 N–H and O–H groups in total. The summed E-state index contributed by atoms with van der Waals surface area (Å²) in [4.78, 5) is 1.68. The van der Waals surface area contributed by atoms with E-state index in [1.807, 2.05) is 18.2 Å². The molecule has 5 heteroatoms. The van der Waals surface area contributed by atoms with Gasteiger partial charge in [-0.05, 0) is 67.1 Å². The zero-order valence-corrected chi connectivity index (χ0v) is 16.9. The summed E-state index contributed by atoms with van der Waals surface area (Å²) < 4.78 is 0. The van der Waals surface area contributed by atoms with E-state index in [-0.39, 0.29) is 6.10 Å². The second-order valence-electron chi connectivity index (χ2n) is 7.23. The van der Waals surface area contributed by atoms with Crippen molar-refractivity contribution >= 4 is 22.6 Å². The Morgan fingerprint density at radius 3 is 2.52 bits per heavy atom. The van der Waals surface area contributed by atoms with Crippen LogP contribution in [0.1, 0.15) is 57.1 Å². The molecule has 27 heavy (non-hydrogen) atoms. The van der Waals surface area contributed by atoms with E-state index >= 15 is 0 Å². The number of aliphatic hydroxyl groups excluding tert-OH is 1. The highest BCUT2D eigenvalue weighted by molar-refractivity contribution is 6.31. The zero-order chi connectivity index (χ0) is 19.2. The van der Waals surface area contributed by atoms with Gasteiger partial charge in [-0.1, -0.05) is 50.8 Å². The van der Waals surface area contributed by atoms with Crippen LogP contribution >= 0.6 is 11.6 Å². The molecule has 0 aliphatic heterocycles. The molecule has 0 amide bonds. The first-order valence-corrected chi connectivity index (χ1v) is 10.3. The Kier molecular flexibility index (Phi) is 6.86. The van der Waals surface area contributed by atoms with E-state index in [1.165, 1.54) is 24.8 Å². The number of aliphatic hydroxyl groups is 1. The standard InChI is InChI=1S/C22H28ClN3O/c1-3-5-6-8-16-11-17(14-20(27)7-4-2)13-19(12-16)26-24-21-10-9-18(23)15-22(21)25-26/h9-13,15,20,27H,3-8,14H2,1-2H3. The molecule has 0 aliphatic carbocycles. The second-order valence-corrected chi connectivity index (χ2v) is 7.67. The summed E-state index contributed by atoms with van der Waals surface area (Å²) >= 11 is 6.08. The highest BCUT2D eigenvalue weighted by atomic mass is 35.5. The van der Waals surface area contributed by atoms with Crippen LogP contribution in [0.15, 0.2) is 36.4 Å². The Morgan fingerprint density at radius 1 is 0.963 bits per heavy atom. The molecule has 0 bridgehead atoms. The molecule has 0 fully saturated rings.